The van der Waals surface area contributed by atoms with Crippen LogP contribution in [-0.2, 0) is 0 Å². The standard InChI is InChI=1S/C10H12N4OS/c1-3-11-9-13-7(2)6-8(14-9)16-10-12-4-5-15-10/h4-6H,3H2,1-2H3,(H,11,13,14). The highest BCUT2D eigenvalue weighted by Crippen LogP contribution is 2.25. The van der Waals surface area contributed by atoms with Crippen molar-refractivity contribution in [3.8, 4) is 0 Å². The zero-order valence-electron chi connectivity index (χ0n) is 9.10. The van der Waals surface area contributed by atoms with Gasteiger partial charge in [0.15, 0.2) is 0 Å². The highest BCUT2D eigenvalue weighted by molar-refractivity contribution is 7.99. The molecule has 2 aromatic rings. The summed E-state index contributed by atoms with van der Waals surface area (Å²) in [6.45, 7) is 4.74. The van der Waals surface area contributed by atoms with Crippen molar-refractivity contribution in [1.82, 2.24) is 15.0 Å². The molecule has 0 saturated carbocycles. The Labute approximate surface area is 97.7 Å². The third kappa shape index (κ3) is 2.73. The van der Waals surface area contributed by atoms with Gasteiger partial charge in [-0.2, -0.15) is 0 Å². The van der Waals surface area contributed by atoms with E-state index >= 15 is 0 Å². The molecule has 0 aromatic carbocycles. The summed E-state index contributed by atoms with van der Waals surface area (Å²) in [6.07, 6.45) is 3.16. The number of rotatable bonds is 4. The molecule has 2 heterocycles. The Hall–Kier alpha value is -1.56. The zero-order chi connectivity index (χ0) is 11.4. The first-order valence-electron chi connectivity index (χ1n) is 4.95. The van der Waals surface area contributed by atoms with Crippen molar-refractivity contribution >= 4 is 17.7 Å². The van der Waals surface area contributed by atoms with Crippen LogP contribution >= 0.6 is 11.8 Å². The highest BCUT2D eigenvalue weighted by Gasteiger charge is 2.06. The monoisotopic (exact) mass is 236 g/mol. The van der Waals surface area contributed by atoms with Crippen molar-refractivity contribution in [2.75, 3.05) is 11.9 Å². The van der Waals surface area contributed by atoms with Crippen LogP contribution < -0.4 is 5.32 Å². The lowest BCUT2D eigenvalue weighted by Gasteiger charge is -2.04. The number of hydrogen-bond acceptors (Lipinski definition) is 6. The van der Waals surface area contributed by atoms with Crippen molar-refractivity contribution in [2.45, 2.75) is 24.1 Å². The topological polar surface area (TPSA) is 63.8 Å². The van der Waals surface area contributed by atoms with E-state index in [0.29, 0.717) is 11.2 Å². The number of oxazole rings is 1. The number of anilines is 1. The first kappa shape index (κ1) is 10.9. The second kappa shape index (κ2) is 4.98. The molecule has 0 saturated heterocycles. The minimum absolute atomic E-state index is 0.584. The van der Waals surface area contributed by atoms with E-state index in [9.17, 15) is 0 Å². The van der Waals surface area contributed by atoms with E-state index < -0.39 is 0 Å². The molecule has 0 fully saturated rings. The fraction of sp³-hybridized carbons (Fsp3) is 0.300. The van der Waals surface area contributed by atoms with Crippen LogP contribution in [0.5, 0.6) is 0 Å². The molecule has 0 spiro atoms. The van der Waals surface area contributed by atoms with E-state index in [2.05, 4.69) is 20.3 Å². The van der Waals surface area contributed by atoms with Crippen LogP contribution in [0.15, 0.2) is 33.2 Å². The lowest BCUT2D eigenvalue weighted by molar-refractivity contribution is 0.454. The van der Waals surface area contributed by atoms with Crippen LogP contribution in [0.2, 0.25) is 0 Å². The Bertz CT molecular complexity index is 458. The van der Waals surface area contributed by atoms with Gasteiger partial charge in [-0.3, -0.25) is 0 Å². The fourth-order valence-electron chi connectivity index (χ4n) is 1.18. The summed E-state index contributed by atoms with van der Waals surface area (Å²) in [5.74, 6) is 0.636. The molecule has 1 N–H and O–H groups in total. The fourth-order valence-corrected chi connectivity index (χ4v) is 1.94. The minimum atomic E-state index is 0.584. The quantitative estimate of drug-likeness (QED) is 0.822. The SMILES string of the molecule is CCNc1nc(C)cc(Sc2ncco2)n1. The van der Waals surface area contributed by atoms with Crippen LogP contribution in [0, 0.1) is 6.92 Å². The Morgan fingerprint density at radius 2 is 2.31 bits per heavy atom. The molecular weight excluding hydrogens is 224 g/mol. The molecule has 84 valence electrons. The highest BCUT2D eigenvalue weighted by atomic mass is 32.2. The van der Waals surface area contributed by atoms with Gasteiger partial charge in [-0.25, -0.2) is 15.0 Å². The number of hydrogen-bond donors (Lipinski definition) is 1. The Balaban J connectivity index is 2.20. The summed E-state index contributed by atoms with van der Waals surface area (Å²) in [5, 5.41) is 4.49. The Kier molecular flexibility index (Phi) is 3.40. The van der Waals surface area contributed by atoms with Crippen LogP contribution in [-0.4, -0.2) is 21.5 Å². The molecule has 0 unspecified atom stereocenters. The average molecular weight is 236 g/mol. The number of nitrogens with one attached hydrogen (secondary N) is 1. The van der Waals surface area contributed by atoms with Gasteiger partial charge in [0.1, 0.15) is 11.3 Å². The summed E-state index contributed by atoms with van der Waals surface area (Å²) in [5.41, 5.74) is 0.917. The molecule has 0 amide bonds. The Morgan fingerprint density at radius 1 is 1.44 bits per heavy atom. The van der Waals surface area contributed by atoms with Gasteiger partial charge >= 0.3 is 0 Å². The van der Waals surface area contributed by atoms with Gasteiger partial charge in [0.05, 0.1) is 6.20 Å². The number of aryl methyl sites for hydroxylation is 1. The van der Waals surface area contributed by atoms with Gasteiger partial charge in [-0.1, -0.05) is 0 Å². The molecule has 2 aromatic heterocycles. The summed E-state index contributed by atoms with van der Waals surface area (Å²) in [7, 11) is 0. The average Bonchev–Trinajstić information content (AvgIpc) is 2.70. The molecular formula is C10H12N4OS. The van der Waals surface area contributed by atoms with Gasteiger partial charge < -0.3 is 9.73 Å². The normalized spacial score (nSPS) is 10.4. The molecule has 0 aliphatic rings. The smallest absolute Gasteiger partial charge is 0.261 e. The van der Waals surface area contributed by atoms with Crippen LogP contribution in [0.1, 0.15) is 12.6 Å². The molecule has 0 atom stereocenters. The summed E-state index contributed by atoms with van der Waals surface area (Å²) < 4.78 is 5.15. The van der Waals surface area contributed by atoms with Gasteiger partial charge in [0.2, 0.25) is 5.95 Å². The zero-order valence-corrected chi connectivity index (χ0v) is 9.91. The molecule has 16 heavy (non-hydrogen) atoms. The van der Waals surface area contributed by atoms with Crippen molar-refractivity contribution in [3.05, 3.63) is 24.2 Å². The lowest BCUT2D eigenvalue weighted by atomic mass is 10.5. The van der Waals surface area contributed by atoms with Crippen molar-refractivity contribution in [2.24, 2.45) is 0 Å². The van der Waals surface area contributed by atoms with E-state index in [1.807, 2.05) is 19.9 Å². The second-order valence-corrected chi connectivity index (χ2v) is 4.07. The molecule has 0 aliphatic heterocycles. The van der Waals surface area contributed by atoms with E-state index in [0.717, 1.165) is 17.3 Å². The molecule has 0 radical (unpaired) electrons. The van der Waals surface area contributed by atoms with E-state index in [1.165, 1.54) is 11.8 Å². The third-order valence-electron chi connectivity index (χ3n) is 1.77. The minimum Gasteiger partial charge on any atom is -0.440 e. The second-order valence-electron chi connectivity index (χ2n) is 3.10. The predicted molar refractivity (Wildman–Crippen MR) is 61.6 cm³/mol. The first-order chi connectivity index (χ1) is 7.78. The summed E-state index contributed by atoms with van der Waals surface area (Å²) >= 11 is 1.38. The largest absolute Gasteiger partial charge is 0.440 e. The number of aromatic nitrogens is 3. The van der Waals surface area contributed by atoms with Crippen molar-refractivity contribution in [1.29, 1.82) is 0 Å². The molecule has 6 heteroatoms. The third-order valence-corrected chi connectivity index (χ3v) is 2.56. The first-order valence-corrected chi connectivity index (χ1v) is 5.76. The molecule has 0 bridgehead atoms. The van der Waals surface area contributed by atoms with Crippen LogP contribution in [0.3, 0.4) is 0 Å². The maximum absolute atomic E-state index is 5.15. The van der Waals surface area contributed by atoms with Gasteiger partial charge in [0.25, 0.3) is 5.22 Å². The van der Waals surface area contributed by atoms with Crippen LogP contribution in [0.25, 0.3) is 0 Å². The van der Waals surface area contributed by atoms with Crippen LogP contribution in [0.4, 0.5) is 5.95 Å². The predicted octanol–water partition coefficient (Wildman–Crippen LogP) is 2.36. The van der Waals surface area contributed by atoms with Crippen molar-refractivity contribution < 1.29 is 4.42 Å². The lowest BCUT2D eigenvalue weighted by Crippen LogP contribution is -2.03. The molecule has 0 aliphatic carbocycles. The Morgan fingerprint density at radius 3 is 3.00 bits per heavy atom. The van der Waals surface area contributed by atoms with E-state index in [1.54, 1.807) is 12.5 Å². The summed E-state index contributed by atoms with van der Waals surface area (Å²) in [4.78, 5) is 12.6. The molecule has 5 nitrogen and oxygen atoms in total. The van der Waals surface area contributed by atoms with E-state index in [-0.39, 0.29) is 0 Å². The van der Waals surface area contributed by atoms with Gasteiger partial charge in [-0.15, -0.1) is 0 Å². The maximum Gasteiger partial charge on any atom is 0.261 e. The number of nitrogens with zero attached hydrogens (tertiary/aromatic N) is 3. The van der Waals surface area contributed by atoms with Gasteiger partial charge in [-0.05, 0) is 31.7 Å². The van der Waals surface area contributed by atoms with Crippen molar-refractivity contribution in [3.63, 3.8) is 0 Å². The molecule has 2 rings (SSSR count). The summed E-state index contributed by atoms with van der Waals surface area (Å²) in [6, 6.07) is 1.90. The van der Waals surface area contributed by atoms with E-state index in [4.69, 9.17) is 4.42 Å². The van der Waals surface area contributed by atoms with Gasteiger partial charge in [0, 0.05) is 12.2 Å². The maximum atomic E-state index is 5.15.